The summed E-state index contributed by atoms with van der Waals surface area (Å²) in [4.78, 5) is 13.8. The van der Waals surface area contributed by atoms with Crippen molar-refractivity contribution in [2.75, 3.05) is 26.0 Å². The van der Waals surface area contributed by atoms with E-state index in [0.717, 1.165) is 11.3 Å². The summed E-state index contributed by atoms with van der Waals surface area (Å²) in [6, 6.07) is 7.63. The van der Waals surface area contributed by atoms with Gasteiger partial charge in [0.1, 0.15) is 11.1 Å². The van der Waals surface area contributed by atoms with E-state index in [4.69, 9.17) is 16.3 Å². The van der Waals surface area contributed by atoms with Crippen LogP contribution in [0.2, 0.25) is 5.02 Å². The molecule has 3 rings (SSSR count). The molecule has 2 aromatic rings. The summed E-state index contributed by atoms with van der Waals surface area (Å²) in [5.41, 5.74) is 1.89. The van der Waals surface area contributed by atoms with E-state index in [1.807, 2.05) is 30.5 Å². The van der Waals surface area contributed by atoms with Crippen molar-refractivity contribution < 1.29 is 9.53 Å². The molecule has 1 aromatic carbocycles. The van der Waals surface area contributed by atoms with Crippen molar-refractivity contribution in [3.8, 4) is 0 Å². The monoisotopic (exact) mass is 352 g/mol. The topological polar surface area (TPSA) is 60.2 Å². The van der Waals surface area contributed by atoms with Crippen LogP contribution in [0.1, 0.15) is 16.6 Å². The van der Waals surface area contributed by atoms with Crippen LogP contribution in [0.5, 0.6) is 0 Å². The maximum Gasteiger partial charge on any atom is 0.233 e. The number of rotatable bonds is 6. The molecule has 0 unspecified atom stereocenters. The number of hydrogen-bond donors (Lipinski definition) is 0. The van der Waals surface area contributed by atoms with Gasteiger partial charge in [0.2, 0.25) is 5.91 Å². The largest absolute Gasteiger partial charge is 0.383 e. The predicted octanol–water partition coefficient (Wildman–Crippen LogP) is 2.20. The number of nitrogens with zero attached hydrogens (tertiary/aromatic N) is 4. The number of methoxy groups -OCH3 is 1. The second kappa shape index (κ2) is 7.33. The van der Waals surface area contributed by atoms with E-state index >= 15 is 0 Å². The number of thioether (sulfide) groups is 1. The minimum Gasteiger partial charge on any atom is -0.383 e. The van der Waals surface area contributed by atoms with E-state index < -0.39 is 0 Å². The Balaban J connectivity index is 1.70. The molecule has 0 spiro atoms. The lowest BCUT2D eigenvalue weighted by Crippen LogP contribution is -2.31. The highest BCUT2D eigenvalue weighted by molar-refractivity contribution is 8.00. The maximum absolute atomic E-state index is 12.0. The molecule has 1 atom stereocenters. The SMILES string of the molecule is COCCN1C(=O)CS[C@H]1c1cn(Cc2ccc(Cl)cc2)nn1. The number of carbonyl (C=O) groups is 1. The molecule has 8 heteroatoms. The minimum atomic E-state index is -0.0865. The number of hydrogen-bond acceptors (Lipinski definition) is 5. The normalized spacial score (nSPS) is 17.9. The summed E-state index contributed by atoms with van der Waals surface area (Å²) in [5, 5.41) is 9.03. The second-order valence-corrected chi connectivity index (χ2v) is 6.72. The molecule has 1 amide bonds. The summed E-state index contributed by atoms with van der Waals surface area (Å²) in [7, 11) is 1.63. The molecule has 1 fully saturated rings. The Kier molecular flexibility index (Phi) is 5.20. The van der Waals surface area contributed by atoms with Crippen LogP contribution in [0.3, 0.4) is 0 Å². The van der Waals surface area contributed by atoms with Gasteiger partial charge in [0.25, 0.3) is 0 Å². The molecule has 0 radical (unpaired) electrons. The third-order valence-corrected chi connectivity index (χ3v) is 5.05. The molecule has 122 valence electrons. The van der Waals surface area contributed by atoms with E-state index in [0.29, 0.717) is 30.5 Å². The Hall–Kier alpha value is -1.57. The molecule has 1 aliphatic heterocycles. The van der Waals surface area contributed by atoms with Crippen LogP contribution < -0.4 is 0 Å². The lowest BCUT2D eigenvalue weighted by atomic mass is 10.2. The van der Waals surface area contributed by atoms with Gasteiger partial charge in [-0.2, -0.15) is 0 Å². The van der Waals surface area contributed by atoms with E-state index in [9.17, 15) is 4.79 Å². The Bertz CT molecular complexity index is 676. The van der Waals surface area contributed by atoms with Gasteiger partial charge in [0.05, 0.1) is 25.1 Å². The lowest BCUT2D eigenvalue weighted by Gasteiger charge is -2.21. The smallest absolute Gasteiger partial charge is 0.233 e. The number of aromatic nitrogens is 3. The summed E-state index contributed by atoms with van der Waals surface area (Å²) in [5.74, 6) is 0.586. The standard InChI is InChI=1S/C15H17ClN4O2S/c1-22-7-6-20-14(21)10-23-15(20)13-9-19(18-17-13)8-11-2-4-12(16)5-3-11/h2-5,9,15H,6-8,10H2,1H3/t15-/m0/s1. The molecule has 1 aliphatic rings. The first-order valence-corrected chi connectivity index (χ1v) is 8.64. The van der Waals surface area contributed by atoms with E-state index in [1.165, 1.54) is 0 Å². The molecule has 2 heterocycles. The highest BCUT2D eigenvalue weighted by atomic mass is 35.5. The fourth-order valence-corrected chi connectivity index (χ4v) is 3.69. The van der Waals surface area contributed by atoms with Gasteiger partial charge in [-0.05, 0) is 17.7 Å². The number of carbonyl (C=O) groups excluding carboxylic acids is 1. The van der Waals surface area contributed by atoms with Gasteiger partial charge in [0, 0.05) is 18.7 Å². The van der Waals surface area contributed by atoms with Crippen molar-refractivity contribution in [2.24, 2.45) is 0 Å². The van der Waals surface area contributed by atoms with Gasteiger partial charge in [-0.25, -0.2) is 4.68 Å². The zero-order valence-electron chi connectivity index (χ0n) is 12.7. The Labute approximate surface area is 143 Å². The van der Waals surface area contributed by atoms with Crippen LogP contribution in [0.4, 0.5) is 0 Å². The highest BCUT2D eigenvalue weighted by Crippen LogP contribution is 2.37. The van der Waals surface area contributed by atoms with Gasteiger partial charge < -0.3 is 9.64 Å². The van der Waals surface area contributed by atoms with Gasteiger partial charge in [-0.1, -0.05) is 28.9 Å². The second-order valence-electron chi connectivity index (χ2n) is 5.21. The van der Waals surface area contributed by atoms with Crippen LogP contribution >= 0.6 is 23.4 Å². The molecule has 0 aliphatic carbocycles. The Morgan fingerprint density at radius 1 is 1.39 bits per heavy atom. The number of amides is 1. The Morgan fingerprint density at radius 3 is 2.91 bits per heavy atom. The first-order chi connectivity index (χ1) is 11.2. The van der Waals surface area contributed by atoms with Crippen molar-refractivity contribution in [3.05, 3.63) is 46.7 Å². The van der Waals surface area contributed by atoms with Crippen LogP contribution in [-0.4, -0.2) is 51.8 Å². The molecule has 0 saturated carbocycles. The summed E-state index contributed by atoms with van der Waals surface area (Å²) in [6.07, 6.45) is 1.89. The van der Waals surface area contributed by atoms with Crippen molar-refractivity contribution in [1.29, 1.82) is 0 Å². The number of benzene rings is 1. The molecule has 23 heavy (non-hydrogen) atoms. The zero-order chi connectivity index (χ0) is 16.2. The molecule has 0 bridgehead atoms. The molecule has 1 saturated heterocycles. The zero-order valence-corrected chi connectivity index (χ0v) is 14.3. The summed E-state index contributed by atoms with van der Waals surface area (Å²) >= 11 is 7.46. The predicted molar refractivity (Wildman–Crippen MR) is 89.4 cm³/mol. The van der Waals surface area contributed by atoms with Crippen molar-refractivity contribution in [3.63, 3.8) is 0 Å². The van der Waals surface area contributed by atoms with Crippen molar-refractivity contribution >= 4 is 29.3 Å². The first-order valence-electron chi connectivity index (χ1n) is 7.22. The van der Waals surface area contributed by atoms with Gasteiger partial charge in [-0.3, -0.25) is 4.79 Å². The van der Waals surface area contributed by atoms with Crippen LogP contribution in [0.25, 0.3) is 0 Å². The van der Waals surface area contributed by atoms with Gasteiger partial charge >= 0.3 is 0 Å². The molecular weight excluding hydrogens is 336 g/mol. The minimum absolute atomic E-state index is 0.0865. The average molecular weight is 353 g/mol. The number of ether oxygens (including phenoxy) is 1. The number of halogens is 1. The summed E-state index contributed by atoms with van der Waals surface area (Å²) in [6.45, 7) is 1.70. The van der Waals surface area contributed by atoms with Crippen molar-refractivity contribution in [2.45, 2.75) is 11.9 Å². The van der Waals surface area contributed by atoms with Gasteiger partial charge in [-0.15, -0.1) is 16.9 Å². The molecule has 0 N–H and O–H groups in total. The van der Waals surface area contributed by atoms with Crippen LogP contribution in [0.15, 0.2) is 30.5 Å². The quantitative estimate of drug-likeness (QED) is 0.797. The van der Waals surface area contributed by atoms with E-state index in [2.05, 4.69) is 10.3 Å². The highest BCUT2D eigenvalue weighted by Gasteiger charge is 2.34. The average Bonchev–Trinajstić information content (AvgIpc) is 3.14. The maximum atomic E-state index is 12.0. The first kappa shape index (κ1) is 16.3. The van der Waals surface area contributed by atoms with E-state index in [-0.39, 0.29) is 11.3 Å². The molecule has 1 aromatic heterocycles. The molecule has 6 nitrogen and oxygen atoms in total. The third kappa shape index (κ3) is 3.85. The fraction of sp³-hybridized carbons (Fsp3) is 0.400. The third-order valence-electron chi connectivity index (χ3n) is 3.57. The fourth-order valence-electron chi connectivity index (χ4n) is 2.41. The summed E-state index contributed by atoms with van der Waals surface area (Å²) < 4.78 is 6.85. The van der Waals surface area contributed by atoms with Crippen LogP contribution in [0, 0.1) is 0 Å². The van der Waals surface area contributed by atoms with E-state index in [1.54, 1.807) is 28.5 Å². The van der Waals surface area contributed by atoms with Gasteiger partial charge in [0.15, 0.2) is 0 Å². The van der Waals surface area contributed by atoms with Crippen molar-refractivity contribution in [1.82, 2.24) is 19.9 Å². The van der Waals surface area contributed by atoms with Crippen LogP contribution in [-0.2, 0) is 16.1 Å². The molecular formula is C15H17ClN4O2S. The lowest BCUT2D eigenvalue weighted by molar-refractivity contribution is -0.128. The Morgan fingerprint density at radius 2 is 2.17 bits per heavy atom.